The summed E-state index contributed by atoms with van der Waals surface area (Å²) >= 11 is 0. The van der Waals surface area contributed by atoms with Gasteiger partial charge in [0, 0.05) is 28.5 Å². The van der Waals surface area contributed by atoms with Gasteiger partial charge in [0.25, 0.3) is 5.56 Å². The molecule has 0 bridgehead atoms. The fourth-order valence-electron chi connectivity index (χ4n) is 4.72. The molecular weight excluding hydrogens is 412 g/mol. The largest absolute Gasteiger partial charge is 0.496 e. The average molecular weight is 434 g/mol. The molecule has 0 amide bonds. The summed E-state index contributed by atoms with van der Waals surface area (Å²) in [5.41, 5.74) is 1.86. The molecule has 1 atom stereocenters. The van der Waals surface area contributed by atoms with Crippen LogP contribution in [0.15, 0.2) is 29.1 Å². The molecule has 3 aromatic rings. The third kappa shape index (κ3) is 2.72. The van der Waals surface area contributed by atoms with Crippen LogP contribution in [0.2, 0.25) is 0 Å². The van der Waals surface area contributed by atoms with Gasteiger partial charge >= 0.3 is 5.97 Å². The van der Waals surface area contributed by atoms with Crippen LogP contribution in [0.3, 0.4) is 0 Å². The molecule has 1 aromatic carbocycles. The van der Waals surface area contributed by atoms with Crippen LogP contribution in [0.4, 0.5) is 0 Å². The highest BCUT2D eigenvalue weighted by Gasteiger charge is 2.45. The van der Waals surface area contributed by atoms with Gasteiger partial charge in [-0.2, -0.15) is 0 Å². The Balaban J connectivity index is 1.73. The first-order valence-corrected chi connectivity index (χ1v) is 10.4. The van der Waals surface area contributed by atoms with Gasteiger partial charge in [0.05, 0.1) is 36.1 Å². The lowest BCUT2D eigenvalue weighted by molar-refractivity contribution is -0.172. The van der Waals surface area contributed by atoms with Crippen molar-refractivity contribution in [3.8, 4) is 17.1 Å². The molecule has 0 saturated heterocycles. The Labute approximate surface area is 183 Å². The molecule has 0 fully saturated rings. The number of cyclic esters (lactones) is 1. The number of ether oxygens (including phenoxy) is 2. The van der Waals surface area contributed by atoms with Crippen LogP contribution >= 0.6 is 0 Å². The molecule has 0 spiro atoms. The molecule has 2 aliphatic rings. The van der Waals surface area contributed by atoms with Gasteiger partial charge in [0.15, 0.2) is 5.60 Å². The van der Waals surface area contributed by atoms with E-state index in [1.54, 1.807) is 24.7 Å². The van der Waals surface area contributed by atoms with Crippen LogP contribution in [0, 0.1) is 0 Å². The van der Waals surface area contributed by atoms with Gasteiger partial charge in [0.2, 0.25) is 0 Å². The van der Waals surface area contributed by atoms with E-state index in [0.29, 0.717) is 29.2 Å². The van der Waals surface area contributed by atoms with E-state index in [1.165, 1.54) is 6.92 Å². The summed E-state index contributed by atoms with van der Waals surface area (Å²) < 4.78 is 12.3. The van der Waals surface area contributed by atoms with Gasteiger partial charge in [-0.3, -0.25) is 9.59 Å². The number of fused-ring (bicyclic) bond motifs is 5. The second kappa shape index (κ2) is 7.00. The Morgan fingerprint density at radius 1 is 1.31 bits per heavy atom. The minimum Gasteiger partial charge on any atom is -0.496 e. The van der Waals surface area contributed by atoms with Gasteiger partial charge in [-0.05, 0) is 31.5 Å². The Bertz CT molecular complexity index is 1390. The monoisotopic (exact) mass is 434 g/mol. The van der Waals surface area contributed by atoms with Gasteiger partial charge in [0.1, 0.15) is 18.1 Å². The fraction of sp³-hybridized carbons (Fsp3) is 0.333. The zero-order chi connectivity index (χ0) is 22.8. The van der Waals surface area contributed by atoms with Gasteiger partial charge in [-0.1, -0.05) is 13.0 Å². The number of rotatable bonds is 4. The molecule has 164 valence electrons. The van der Waals surface area contributed by atoms with Gasteiger partial charge in [-0.15, -0.1) is 0 Å². The Morgan fingerprint density at radius 2 is 2.09 bits per heavy atom. The number of methoxy groups -OCH3 is 1. The summed E-state index contributed by atoms with van der Waals surface area (Å²) in [6.45, 7) is 3.34. The van der Waals surface area contributed by atoms with Crippen molar-refractivity contribution >= 4 is 22.7 Å². The van der Waals surface area contributed by atoms with Crippen LogP contribution in [0.1, 0.15) is 42.5 Å². The summed E-state index contributed by atoms with van der Waals surface area (Å²) in [6.07, 6.45) is 0.349. The summed E-state index contributed by atoms with van der Waals surface area (Å²) in [5, 5.41) is 11.7. The number of hydrogen-bond donors (Lipinski definition) is 1. The highest BCUT2D eigenvalue weighted by Crippen LogP contribution is 2.40. The van der Waals surface area contributed by atoms with Crippen LogP contribution in [-0.2, 0) is 39.5 Å². The van der Waals surface area contributed by atoms with E-state index in [0.717, 1.165) is 16.5 Å². The molecule has 8 nitrogen and oxygen atoms in total. The molecule has 2 aromatic heterocycles. The lowest BCUT2D eigenvalue weighted by Gasteiger charge is -2.31. The van der Waals surface area contributed by atoms with Crippen molar-refractivity contribution in [1.82, 2.24) is 9.55 Å². The number of carbonyl (C=O) groups excluding carboxylic acids is 2. The highest BCUT2D eigenvalue weighted by molar-refractivity contribution is 5.92. The molecule has 1 N–H and O–H groups in total. The Hall–Kier alpha value is -3.52. The van der Waals surface area contributed by atoms with Crippen LogP contribution in [0.25, 0.3) is 22.3 Å². The van der Waals surface area contributed by atoms with Crippen LogP contribution in [-0.4, -0.2) is 33.5 Å². The summed E-state index contributed by atoms with van der Waals surface area (Å²) in [6, 6.07) is 7.27. The number of pyridine rings is 2. The predicted molar refractivity (Wildman–Crippen MR) is 115 cm³/mol. The number of aromatic nitrogens is 2. The molecule has 0 radical (unpaired) electrons. The second-order valence-electron chi connectivity index (χ2n) is 8.30. The normalized spacial score (nSPS) is 18.7. The lowest BCUT2D eigenvalue weighted by atomic mass is 9.86. The average Bonchev–Trinajstić information content (AvgIpc) is 3.13. The van der Waals surface area contributed by atoms with Crippen molar-refractivity contribution in [3.05, 3.63) is 56.9 Å². The molecule has 5 rings (SSSR count). The minimum absolute atomic E-state index is 0.0292. The smallest absolute Gasteiger partial charge is 0.343 e. The maximum atomic E-state index is 13.2. The molecule has 0 aliphatic carbocycles. The topological polar surface area (TPSA) is 108 Å². The molecule has 2 aliphatic heterocycles. The summed E-state index contributed by atoms with van der Waals surface area (Å²) in [5.74, 6) is -0.124. The zero-order valence-electron chi connectivity index (χ0n) is 18.0. The lowest BCUT2D eigenvalue weighted by Crippen LogP contribution is -2.44. The van der Waals surface area contributed by atoms with E-state index in [4.69, 9.17) is 14.5 Å². The van der Waals surface area contributed by atoms with E-state index in [2.05, 4.69) is 0 Å². The number of aliphatic hydroxyl groups is 1. The molecule has 8 heteroatoms. The summed E-state index contributed by atoms with van der Waals surface area (Å²) in [4.78, 5) is 42.0. The highest BCUT2D eigenvalue weighted by atomic mass is 16.6. The van der Waals surface area contributed by atoms with E-state index >= 15 is 0 Å². The second-order valence-corrected chi connectivity index (χ2v) is 8.30. The first-order valence-electron chi connectivity index (χ1n) is 10.4. The molecule has 32 heavy (non-hydrogen) atoms. The number of hydrogen-bond acceptors (Lipinski definition) is 7. The first kappa shape index (κ1) is 20.4. The molecular formula is C24H22N2O6. The number of esters is 1. The minimum atomic E-state index is -1.85. The number of ketones is 1. The Kier molecular flexibility index (Phi) is 4.46. The molecule has 4 heterocycles. The molecule has 0 saturated carbocycles. The van der Waals surface area contributed by atoms with Crippen LogP contribution in [0.5, 0.6) is 5.75 Å². The van der Waals surface area contributed by atoms with Crippen molar-refractivity contribution < 1.29 is 24.2 Å². The maximum absolute atomic E-state index is 13.2. The zero-order valence-corrected chi connectivity index (χ0v) is 18.0. The number of carbonyl (C=O) groups is 2. The third-order valence-corrected chi connectivity index (χ3v) is 6.37. The quantitative estimate of drug-likeness (QED) is 0.491. The van der Waals surface area contributed by atoms with E-state index < -0.39 is 11.6 Å². The number of nitrogens with zero attached hydrogens (tertiary/aromatic N) is 2. The van der Waals surface area contributed by atoms with Crippen molar-refractivity contribution in [2.45, 2.75) is 45.4 Å². The number of benzene rings is 1. The van der Waals surface area contributed by atoms with Crippen molar-refractivity contribution in [1.29, 1.82) is 0 Å². The Morgan fingerprint density at radius 3 is 2.78 bits per heavy atom. The maximum Gasteiger partial charge on any atom is 0.343 e. The van der Waals surface area contributed by atoms with Crippen LogP contribution < -0.4 is 10.3 Å². The first-order chi connectivity index (χ1) is 15.3. The van der Waals surface area contributed by atoms with E-state index in [-0.39, 0.29) is 41.9 Å². The van der Waals surface area contributed by atoms with Crippen molar-refractivity contribution in [2.75, 3.05) is 7.11 Å². The van der Waals surface area contributed by atoms with E-state index in [9.17, 15) is 19.5 Å². The predicted octanol–water partition coefficient (Wildman–Crippen LogP) is 2.22. The van der Waals surface area contributed by atoms with E-state index in [1.807, 2.05) is 18.2 Å². The van der Waals surface area contributed by atoms with Crippen molar-refractivity contribution in [2.24, 2.45) is 0 Å². The standard InChI is InChI=1S/C24H22N2O6/c1-4-24(30)17-9-19-20-14(10-26(19)22(28)16(17)11-32-23(24)29)8-15-18(25-20)6-5-13(7-12(2)27)21(15)31-3/h5-6,8-9,30H,4,7,10-11H2,1-3H3. The fourth-order valence-corrected chi connectivity index (χ4v) is 4.72. The molecule has 1 unspecified atom stereocenters. The number of Topliss-reactive ketones (excluding diaryl/α,β-unsaturated/α-hetero) is 1. The SMILES string of the molecule is CCC1(O)C(=O)OCc2c1cc1n(c2=O)Cc2cc3c(OC)c(CC(C)=O)ccc3nc2-1. The van der Waals surface area contributed by atoms with Gasteiger partial charge in [-0.25, -0.2) is 9.78 Å². The summed E-state index contributed by atoms with van der Waals surface area (Å²) in [7, 11) is 1.56. The van der Waals surface area contributed by atoms with Gasteiger partial charge < -0.3 is 19.1 Å². The third-order valence-electron chi connectivity index (χ3n) is 6.37. The van der Waals surface area contributed by atoms with Crippen molar-refractivity contribution in [3.63, 3.8) is 0 Å².